The molecule has 1 fully saturated rings. The van der Waals surface area contributed by atoms with Gasteiger partial charge in [-0.25, -0.2) is 4.79 Å². The largest absolute Gasteiger partial charge is 0.466 e. The summed E-state index contributed by atoms with van der Waals surface area (Å²) in [6.07, 6.45) is 1.21. The summed E-state index contributed by atoms with van der Waals surface area (Å²) in [7, 11) is 1.28. The Balaban J connectivity index is 2.45. The van der Waals surface area contributed by atoms with E-state index in [2.05, 4.69) is 9.73 Å². The smallest absolute Gasteiger partial charge is 0.331 e. The molecule has 0 N–H and O–H groups in total. The van der Waals surface area contributed by atoms with Gasteiger partial charge in [0.05, 0.1) is 17.7 Å². The van der Waals surface area contributed by atoms with Crippen LogP contribution in [0.25, 0.3) is 0 Å². The normalized spacial score (nSPS) is 18.4. The molecule has 1 aliphatic rings. The molecule has 1 aromatic rings. The third kappa shape index (κ3) is 3.22. The molecule has 0 atom stereocenters. The summed E-state index contributed by atoms with van der Waals surface area (Å²) in [6.45, 7) is 6.47. The second-order valence-electron chi connectivity index (χ2n) is 4.80. The number of aliphatic imine (C=N–C) groups is 1. The highest BCUT2D eigenvalue weighted by molar-refractivity contribution is 8.19. The molecule has 5 nitrogen and oxygen atoms in total. The number of hydrogen-bond donors (Lipinski definition) is 0. The average molecular weight is 318 g/mol. The molecule has 0 aromatic heterocycles. The predicted molar refractivity (Wildman–Crippen MR) is 89.1 cm³/mol. The third-order valence-corrected chi connectivity index (χ3v) is 4.31. The van der Waals surface area contributed by atoms with Gasteiger partial charge in [-0.1, -0.05) is 6.07 Å². The van der Waals surface area contributed by atoms with E-state index in [1.54, 1.807) is 0 Å². The summed E-state index contributed by atoms with van der Waals surface area (Å²) in [4.78, 5) is 30.2. The Morgan fingerprint density at radius 2 is 2.09 bits per heavy atom. The highest BCUT2D eigenvalue weighted by atomic mass is 32.2. The number of carbonyl (C=O) groups is 2. The Hall–Kier alpha value is -2.08. The van der Waals surface area contributed by atoms with E-state index in [1.165, 1.54) is 29.8 Å². The first-order chi connectivity index (χ1) is 10.5. The van der Waals surface area contributed by atoms with Crippen molar-refractivity contribution in [2.75, 3.05) is 18.6 Å². The zero-order valence-electron chi connectivity index (χ0n) is 13.0. The number of carbonyl (C=O) groups excluding carboxylic acids is 2. The van der Waals surface area contributed by atoms with Crippen LogP contribution in [-0.4, -0.2) is 30.7 Å². The van der Waals surface area contributed by atoms with E-state index in [1.807, 2.05) is 39.0 Å². The highest BCUT2D eigenvalue weighted by Gasteiger charge is 2.35. The van der Waals surface area contributed by atoms with E-state index in [4.69, 9.17) is 0 Å². The number of benzene rings is 1. The molecule has 1 aromatic carbocycles. The first kappa shape index (κ1) is 16.3. The minimum absolute atomic E-state index is 0.258. The summed E-state index contributed by atoms with van der Waals surface area (Å²) in [5.74, 6) is -0.806. The first-order valence-electron chi connectivity index (χ1n) is 6.91. The topological polar surface area (TPSA) is 59.0 Å². The van der Waals surface area contributed by atoms with Crippen LogP contribution in [0, 0.1) is 13.8 Å². The Kier molecular flexibility index (Phi) is 5.03. The van der Waals surface area contributed by atoms with Crippen molar-refractivity contribution in [2.45, 2.75) is 20.8 Å². The third-order valence-electron chi connectivity index (χ3n) is 3.30. The number of rotatable bonds is 3. The lowest BCUT2D eigenvalue weighted by molar-refractivity contribution is -0.135. The van der Waals surface area contributed by atoms with Gasteiger partial charge >= 0.3 is 5.97 Å². The van der Waals surface area contributed by atoms with Crippen molar-refractivity contribution in [3.8, 4) is 0 Å². The lowest BCUT2D eigenvalue weighted by Crippen LogP contribution is -2.29. The maximum Gasteiger partial charge on any atom is 0.331 e. The molecule has 1 saturated heterocycles. The first-order valence-corrected chi connectivity index (χ1v) is 7.73. The summed E-state index contributed by atoms with van der Waals surface area (Å²) in [6, 6.07) is 5.79. The molecule has 1 amide bonds. The van der Waals surface area contributed by atoms with Crippen molar-refractivity contribution in [3.63, 3.8) is 0 Å². The Labute approximate surface area is 134 Å². The number of aryl methyl sites for hydroxylation is 2. The van der Waals surface area contributed by atoms with Crippen LogP contribution in [0.2, 0.25) is 0 Å². The lowest BCUT2D eigenvalue weighted by atomic mass is 10.1. The molecule has 1 heterocycles. The van der Waals surface area contributed by atoms with Gasteiger partial charge in [-0.3, -0.25) is 14.7 Å². The standard InChI is InChI=1S/C16H18N2O3S/c1-5-17-16-18(12-7-6-10(2)11(3)8-12)15(20)13(22-16)9-14(19)21-4/h6-9H,5H2,1-4H3/b13-9-,17-16?. The minimum Gasteiger partial charge on any atom is -0.466 e. The molecule has 2 rings (SSSR count). The molecule has 116 valence electrons. The monoisotopic (exact) mass is 318 g/mol. The number of esters is 1. The highest BCUT2D eigenvalue weighted by Crippen LogP contribution is 2.35. The van der Waals surface area contributed by atoms with Crippen LogP contribution in [0.1, 0.15) is 18.1 Å². The Morgan fingerprint density at radius 1 is 1.36 bits per heavy atom. The van der Waals surface area contributed by atoms with Crippen molar-refractivity contribution in [1.29, 1.82) is 0 Å². The van der Waals surface area contributed by atoms with Crippen molar-refractivity contribution < 1.29 is 14.3 Å². The van der Waals surface area contributed by atoms with Crippen molar-refractivity contribution in [2.24, 2.45) is 4.99 Å². The molecule has 22 heavy (non-hydrogen) atoms. The van der Waals surface area contributed by atoms with Gasteiger partial charge in [-0.2, -0.15) is 0 Å². The van der Waals surface area contributed by atoms with Crippen molar-refractivity contribution >= 4 is 34.5 Å². The van der Waals surface area contributed by atoms with Gasteiger partial charge in [0.1, 0.15) is 0 Å². The zero-order chi connectivity index (χ0) is 16.3. The van der Waals surface area contributed by atoms with Crippen molar-refractivity contribution in [1.82, 2.24) is 0 Å². The molecule has 0 unspecified atom stereocenters. The van der Waals surface area contributed by atoms with E-state index < -0.39 is 5.97 Å². The zero-order valence-corrected chi connectivity index (χ0v) is 13.9. The van der Waals surface area contributed by atoms with Crippen molar-refractivity contribution in [3.05, 3.63) is 40.3 Å². The van der Waals surface area contributed by atoms with Gasteiger partial charge < -0.3 is 4.74 Å². The fourth-order valence-corrected chi connectivity index (χ4v) is 2.98. The molecule has 1 aliphatic heterocycles. The second kappa shape index (κ2) is 6.79. The maximum absolute atomic E-state index is 12.6. The predicted octanol–water partition coefficient (Wildman–Crippen LogP) is 2.82. The van der Waals surface area contributed by atoms with Gasteiger partial charge in [0.25, 0.3) is 5.91 Å². The van der Waals surface area contributed by atoms with Crippen LogP contribution in [0.5, 0.6) is 0 Å². The van der Waals surface area contributed by atoms with Crippen LogP contribution >= 0.6 is 11.8 Å². The number of amidine groups is 1. The number of ether oxygens (including phenoxy) is 1. The quantitative estimate of drug-likeness (QED) is 0.635. The molecule has 0 spiro atoms. The maximum atomic E-state index is 12.6. The van der Waals surface area contributed by atoms with Gasteiger partial charge in [0.15, 0.2) is 5.17 Å². The second-order valence-corrected chi connectivity index (χ2v) is 5.81. The van der Waals surface area contributed by atoms with Crippen LogP contribution in [0.15, 0.2) is 34.2 Å². The number of hydrogen-bond acceptors (Lipinski definition) is 5. The summed E-state index contributed by atoms with van der Waals surface area (Å²) >= 11 is 1.19. The SMILES string of the molecule is CCN=C1S/C(=C\C(=O)OC)C(=O)N1c1ccc(C)c(C)c1. The number of methoxy groups -OCH3 is 1. The van der Waals surface area contributed by atoms with Gasteiger partial charge in [0.2, 0.25) is 0 Å². The van der Waals surface area contributed by atoms with E-state index >= 15 is 0 Å². The van der Waals surface area contributed by atoms with Gasteiger partial charge in [0, 0.05) is 12.6 Å². The fourth-order valence-electron chi connectivity index (χ4n) is 1.97. The number of amides is 1. The minimum atomic E-state index is -0.548. The summed E-state index contributed by atoms with van der Waals surface area (Å²) in [5.41, 5.74) is 3.00. The average Bonchev–Trinajstić information content (AvgIpc) is 2.78. The Bertz CT molecular complexity index is 680. The van der Waals surface area contributed by atoms with Crippen LogP contribution in [-0.2, 0) is 14.3 Å². The fraction of sp³-hybridized carbons (Fsp3) is 0.312. The summed E-state index contributed by atoms with van der Waals surface area (Å²) in [5, 5.41) is 0.575. The van der Waals surface area contributed by atoms with Gasteiger partial charge in [-0.05, 0) is 55.8 Å². The molecule has 6 heteroatoms. The molecule has 0 bridgehead atoms. The summed E-state index contributed by atoms with van der Waals surface area (Å²) < 4.78 is 4.59. The Morgan fingerprint density at radius 3 is 2.68 bits per heavy atom. The van der Waals surface area contributed by atoms with Crippen LogP contribution < -0.4 is 4.90 Å². The van der Waals surface area contributed by atoms with E-state index in [9.17, 15) is 9.59 Å². The number of nitrogens with zero attached hydrogens (tertiary/aromatic N) is 2. The number of thioether (sulfide) groups is 1. The van der Waals surface area contributed by atoms with Crippen LogP contribution in [0.3, 0.4) is 0 Å². The molecular formula is C16H18N2O3S. The molecular weight excluding hydrogens is 300 g/mol. The lowest BCUT2D eigenvalue weighted by Gasteiger charge is -2.16. The van der Waals surface area contributed by atoms with Gasteiger partial charge in [-0.15, -0.1) is 0 Å². The molecule has 0 saturated carbocycles. The molecule has 0 radical (unpaired) electrons. The molecule has 0 aliphatic carbocycles. The van der Waals surface area contributed by atoms with Crippen LogP contribution in [0.4, 0.5) is 5.69 Å². The number of anilines is 1. The van der Waals surface area contributed by atoms with E-state index in [0.29, 0.717) is 16.6 Å². The van der Waals surface area contributed by atoms with E-state index in [0.717, 1.165) is 16.8 Å². The van der Waals surface area contributed by atoms with E-state index in [-0.39, 0.29) is 5.91 Å².